The summed E-state index contributed by atoms with van der Waals surface area (Å²) in [4.78, 5) is 12.2. The van der Waals surface area contributed by atoms with Crippen LogP contribution < -0.4 is 15.8 Å². The summed E-state index contributed by atoms with van der Waals surface area (Å²) in [6, 6.07) is 10.7. The van der Waals surface area contributed by atoms with Crippen molar-refractivity contribution in [1.82, 2.24) is 5.32 Å². The summed E-state index contributed by atoms with van der Waals surface area (Å²) in [5, 5.41) is 10.9. The molecule has 0 fully saturated rings. The SMILES string of the molecule is C[C@@H]1CCc2c(F)cccc2[C@@H]1NCC(=O)Nc1cccc(S(N)(=O)=O)c1. The predicted molar refractivity (Wildman–Crippen MR) is 101 cm³/mol. The molecule has 0 heterocycles. The molecule has 2 aromatic rings. The first kappa shape index (κ1) is 19.5. The van der Waals surface area contributed by atoms with Crippen molar-refractivity contribution in [2.24, 2.45) is 11.1 Å². The van der Waals surface area contributed by atoms with E-state index in [0.29, 0.717) is 17.7 Å². The number of hydrogen-bond acceptors (Lipinski definition) is 4. The zero-order valence-electron chi connectivity index (χ0n) is 14.9. The quantitative estimate of drug-likeness (QED) is 0.728. The molecule has 4 N–H and O–H groups in total. The van der Waals surface area contributed by atoms with Gasteiger partial charge < -0.3 is 10.6 Å². The number of benzene rings is 2. The van der Waals surface area contributed by atoms with Gasteiger partial charge in [-0.1, -0.05) is 25.1 Å². The third kappa shape index (κ3) is 4.52. The van der Waals surface area contributed by atoms with Crippen LogP contribution in [0.3, 0.4) is 0 Å². The fourth-order valence-corrected chi connectivity index (χ4v) is 4.00. The van der Waals surface area contributed by atoms with Crippen LogP contribution in [0.4, 0.5) is 10.1 Å². The van der Waals surface area contributed by atoms with Gasteiger partial charge in [-0.25, -0.2) is 17.9 Å². The lowest BCUT2D eigenvalue weighted by Gasteiger charge is -2.32. The molecule has 0 aliphatic heterocycles. The molecule has 2 aromatic carbocycles. The van der Waals surface area contributed by atoms with Gasteiger partial charge in [-0.3, -0.25) is 4.79 Å². The number of rotatable bonds is 5. The second-order valence-corrected chi connectivity index (χ2v) is 8.36. The van der Waals surface area contributed by atoms with Crippen molar-refractivity contribution in [2.45, 2.75) is 30.7 Å². The van der Waals surface area contributed by atoms with Gasteiger partial charge in [0.15, 0.2) is 0 Å². The minimum absolute atomic E-state index is 0.0184. The molecular formula is C19H22FN3O3S. The lowest BCUT2D eigenvalue weighted by molar-refractivity contribution is -0.115. The van der Waals surface area contributed by atoms with Gasteiger partial charge in [0.1, 0.15) is 5.82 Å². The molecule has 0 radical (unpaired) electrons. The smallest absolute Gasteiger partial charge is 0.238 e. The molecule has 27 heavy (non-hydrogen) atoms. The third-order valence-electron chi connectivity index (χ3n) is 4.84. The van der Waals surface area contributed by atoms with E-state index in [4.69, 9.17) is 5.14 Å². The Bertz CT molecular complexity index is 962. The Balaban J connectivity index is 1.67. The number of fused-ring (bicyclic) bond motifs is 1. The molecule has 144 valence electrons. The van der Waals surface area contributed by atoms with E-state index >= 15 is 0 Å². The molecule has 0 bridgehead atoms. The van der Waals surface area contributed by atoms with Crippen molar-refractivity contribution < 1.29 is 17.6 Å². The molecule has 0 aromatic heterocycles. The number of nitrogens with two attached hydrogens (primary N) is 1. The molecule has 0 saturated carbocycles. The average molecular weight is 391 g/mol. The van der Waals surface area contributed by atoms with Crippen molar-refractivity contribution in [3.63, 3.8) is 0 Å². The largest absolute Gasteiger partial charge is 0.325 e. The Morgan fingerprint density at radius 1 is 1.26 bits per heavy atom. The standard InChI is InChI=1S/C19H22FN3O3S/c1-12-8-9-15-16(6-3-7-17(15)20)19(12)22-11-18(24)23-13-4-2-5-14(10-13)27(21,25)26/h2-7,10,12,19,22H,8-9,11H2,1H3,(H,23,24)(H2,21,25,26)/t12-,19-/m1/s1. The Morgan fingerprint density at radius 2 is 2.00 bits per heavy atom. The highest BCUT2D eigenvalue weighted by Gasteiger charge is 2.28. The van der Waals surface area contributed by atoms with Crippen molar-refractivity contribution in [3.8, 4) is 0 Å². The number of carbonyl (C=O) groups is 1. The molecule has 1 aliphatic rings. The van der Waals surface area contributed by atoms with Crippen LogP contribution in [0.5, 0.6) is 0 Å². The van der Waals surface area contributed by atoms with Crippen LogP contribution in [0, 0.1) is 11.7 Å². The molecule has 0 spiro atoms. The number of halogens is 1. The summed E-state index contributed by atoms with van der Waals surface area (Å²) in [7, 11) is -3.84. The van der Waals surface area contributed by atoms with Crippen LogP contribution >= 0.6 is 0 Å². The van der Waals surface area contributed by atoms with E-state index < -0.39 is 10.0 Å². The molecule has 0 saturated heterocycles. The Kier molecular flexibility index (Phi) is 5.59. The summed E-state index contributed by atoms with van der Waals surface area (Å²) < 4.78 is 36.8. The number of carbonyl (C=O) groups excluding carboxylic acids is 1. The maximum absolute atomic E-state index is 14.0. The first-order chi connectivity index (χ1) is 12.8. The number of nitrogens with one attached hydrogen (secondary N) is 2. The Morgan fingerprint density at radius 3 is 2.74 bits per heavy atom. The number of anilines is 1. The van der Waals surface area contributed by atoms with Crippen molar-refractivity contribution in [1.29, 1.82) is 0 Å². The molecule has 8 heteroatoms. The summed E-state index contributed by atoms with van der Waals surface area (Å²) in [6.45, 7) is 2.09. The summed E-state index contributed by atoms with van der Waals surface area (Å²) >= 11 is 0. The van der Waals surface area contributed by atoms with Gasteiger partial charge in [-0.2, -0.15) is 0 Å². The van der Waals surface area contributed by atoms with Gasteiger partial charge in [0.05, 0.1) is 11.4 Å². The van der Waals surface area contributed by atoms with Crippen molar-refractivity contribution >= 4 is 21.6 Å². The van der Waals surface area contributed by atoms with E-state index in [-0.39, 0.29) is 35.1 Å². The highest BCUT2D eigenvalue weighted by molar-refractivity contribution is 7.89. The van der Waals surface area contributed by atoms with Crippen LogP contribution in [0.2, 0.25) is 0 Å². The monoisotopic (exact) mass is 391 g/mol. The Hall–Kier alpha value is -2.29. The van der Waals surface area contributed by atoms with Gasteiger partial charge in [0.2, 0.25) is 15.9 Å². The van der Waals surface area contributed by atoms with Gasteiger partial charge in [0, 0.05) is 11.7 Å². The van der Waals surface area contributed by atoms with Gasteiger partial charge in [-0.05, 0) is 54.2 Å². The second kappa shape index (κ2) is 7.75. The highest BCUT2D eigenvalue weighted by Crippen LogP contribution is 2.35. The third-order valence-corrected chi connectivity index (χ3v) is 5.75. The topological polar surface area (TPSA) is 101 Å². The molecule has 0 unspecified atom stereocenters. The Labute approximate surface area is 158 Å². The highest BCUT2D eigenvalue weighted by atomic mass is 32.2. The molecule has 3 rings (SSSR count). The van der Waals surface area contributed by atoms with E-state index in [0.717, 1.165) is 12.0 Å². The zero-order valence-corrected chi connectivity index (χ0v) is 15.7. The van der Waals surface area contributed by atoms with E-state index in [9.17, 15) is 17.6 Å². The molecule has 6 nitrogen and oxygen atoms in total. The summed E-state index contributed by atoms with van der Waals surface area (Å²) in [6.07, 6.45) is 1.53. The zero-order chi connectivity index (χ0) is 19.6. The maximum atomic E-state index is 14.0. The average Bonchev–Trinajstić information content (AvgIpc) is 2.60. The van der Waals surface area contributed by atoms with Crippen molar-refractivity contribution in [3.05, 3.63) is 59.4 Å². The van der Waals surface area contributed by atoms with Crippen LogP contribution in [0.25, 0.3) is 0 Å². The van der Waals surface area contributed by atoms with E-state index in [1.165, 1.54) is 24.3 Å². The molecule has 2 atom stereocenters. The summed E-state index contributed by atoms with van der Waals surface area (Å²) in [5.74, 6) is -0.273. The van der Waals surface area contributed by atoms with Gasteiger partial charge in [0.25, 0.3) is 0 Å². The minimum atomic E-state index is -3.84. The lowest BCUT2D eigenvalue weighted by atomic mass is 9.80. The maximum Gasteiger partial charge on any atom is 0.238 e. The first-order valence-corrected chi connectivity index (χ1v) is 10.2. The normalized spacial score (nSPS) is 19.4. The number of hydrogen-bond donors (Lipinski definition) is 3. The second-order valence-electron chi connectivity index (χ2n) is 6.80. The molecule has 1 aliphatic carbocycles. The van der Waals surface area contributed by atoms with E-state index in [2.05, 4.69) is 17.6 Å². The van der Waals surface area contributed by atoms with Crippen LogP contribution in [0.1, 0.15) is 30.5 Å². The van der Waals surface area contributed by atoms with Crippen molar-refractivity contribution in [2.75, 3.05) is 11.9 Å². The lowest BCUT2D eigenvalue weighted by Crippen LogP contribution is -2.36. The molecular weight excluding hydrogens is 369 g/mol. The molecule has 1 amide bonds. The number of primary sulfonamides is 1. The first-order valence-electron chi connectivity index (χ1n) is 8.69. The van der Waals surface area contributed by atoms with E-state index in [1.54, 1.807) is 12.1 Å². The van der Waals surface area contributed by atoms with Gasteiger partial charge >= 0.3 is 0 Å². The van der Waals surface area contributed by atoms with Crippen LogP contribution in [0.15, 0.2) is 47.4 Å². The van der Waals surface area contributed by atoms with Crippen LogP contribution in [-0.2, 0) is 21.2 Å². The fraction of sp³-hybridized carbons (Fsp3) is 0.316. The fourth-order valence-electron chi connectivity index (χ4n) is 3.45. The summed E-state index contributed by atoms with van der Waals surface area (Å²) in [5.41, 5.74) is 1.93. The van der Waals surface area contributed by atoms with Crippen LogP contribution in [-0.4, -0.2) is 20.9 Å². The minimum Gasteiger partial charge on any atom is -0.325 e. The number of amides is 1. The predicted octanol–water partition coefficient (Wildman–Crippen LogP) is 2.32. The number of sulfonamides is 1. The van der Waals surface area contributed by atoms with Gasteiger partial charge in [-0.15, -0.1) is 0 Å². The van der Waals surface area contributed by atoms with E-state index in [1.807, 2.05) is 6.07 Å².